The van der Waals surface area contributed by atoms with Crippen LogP contribution in [0.3, 0.4) is 0 Å². The van der Waals surface area contributed by atoms with Crippen LogP contribution in [0, 0.1) is 0 Å². The Kier molecular flexibility index (Phi) is 5.53. The summed E-state index contributed by atoms with van der Waals surface area (Å²) in [6.45, 7) is 5.46. The number of benzene rings is 1. The van der Waals surface area contributed by atoms with Gasteiger partial charge in [-0.1, -0.05) is 29.3 Å². The standard InChI is InChI=1S/C24H24Cl2N6/c1-24(2,19-4-3-9-28-19)31-23-30-21(15-7-10-27-11-8-15)20(22-29-12-13-32(22)23)16-5-6-17(25)18(26)14-16/h5-8,10-14,19,28H,3-4,9H2,1-2H3,(H,30,31). The van der Waals surface area contributed by atoms with E-state index >= 15 is 0 Å². The van der Waals surface area contributed by atoms with Gasteiger partial charge in [-0.25, -0.2) is 9.97 Å². The number of pyridine rings is 1. The zero-order valence-electron chi connectivity index (χ0n) is 17.9. The van der Waals surface area contributed by atoms with Crippen molar-refractivity contribution in [3.05, 3.63) is 65.2 Å². The van der Waals surface area contributed by atoms with Crippen LogP contribution in [0.15, 0.2) is 55.1 Å². The average Bonchev–Trinajstić information content (AvgIpc) is 3.49. The number of fused-ring (bicyclic) bond motifs is 1. The third-order valence-corrected chi connectivity index (χ3v) is 6.81. The van der Waals surface area contributed by atoms with Crippen molar-refractivity contribution in [2.75, 3.05) is 11.9 Å². The van der Waals surface area contributed by atoms with Crippen LogP contribution in [-0.2, 0) is 0 Å². The fourth-order valence-electron chi connectivity index (χ4n) is 4.38. The minimum atomic E-state index is -0.193. The smallest absolute Gasteiger partial charge is 0.209 e. The van der Waals surface area contributed by atoms with Gasteiger partial charge >= 0.3 is 0 Å². The summed E-state index contributed by atoms with van der Waals surface area (Å²) in [6.07, 6.45) is 9.57. The topological polar surface area (TPSA) is 67.1 Å². The minimum Gasteiger partial charge on any atom is -0.349 e. The Labute approximate surface area is 197 Å². The molecule has 1 aromatic carbocycles. The van der Waals surface area contributed by atoms with Gasteiger partial charge in [0.2, 0.25) is 5.95 Å². The lowest BCUT2D eigenvalue weighted by molar-refractivity contribution is 0.406. The molecule has 4 heterocycles. The first kappa shape index (κ1) is 21.2. The first-order chi connectivity index (χ1) is 15.4. The predicted octanol–water partition coefficient (Wildman–Crippen LogP) is 5.71. The molecule has 164 valence electrons. The minimum absolute atomic E-state index is 0.193. The summed E-state index contributed by atoms with van der Waals surface area (Å²) in [6, 6.07) is 9.88. The lowest BCUT2D eigenvalue weighted by Crippen LogP contribution is -2.49. The monoisotopic (exact) mass is 466 g/mol. The van der Waals surface area contributed by atoms with Gasteiger partial charge in [-0.2, -0.15) is 0 Å². The van der Waals surface area contributed by atoms with E-state index in [9.17, 15) is 0 Å². The van der Waals surface area contributed by atoms with Gasteiger partial charge in [0.05, 0.1) is 21.3 Å². The fraction of sp³-hybridized carbons (Fsp3) is 0.292. The van der Waals surface area contributed by atoms with Crippen LogP contribution in [0.25, 0.3) is 28.0 Å². The van der Waals surface area contributed by atoms with Crippen molar-refractivity contribution >= 4 is 34.8 Å². The number of hydrogen-bond donors (Lipinski definition) is 2. The van der Waals surface area contributed by atoms with Gasteiger partial charge in [0.15, 0.2) is 0 Å². The van der Waals surface area contributed by atoms with E-state index in [-0.39, 0.29) is 5.54 Å². The van der Waals surface area contributed by atoms with Crippen LogP contribution in [0.2, 0.25) is 10.0 Å². The summed E-state index contributed by atoms with van der Waals surface area (Å²) in [7, 11) is 0. The molecule has 1 fully saturated rings. The Morgan fingerprint density at radius 1 is 1.06 bits per heavy atom. The van der Waals surface area contributed by atoms with Crippen molar-refractivity contribution in [1.82, 2.24) is 24.7 Å². The number of rotatable bonds is 5. The van der Waals surface area contributed by atoms with Gasteiger partial charge in [-0.05, 0) is 63.1 Å². The van der Waals surface area contributed by atoms with E-state index in [1.807, 2.05) is 34.9 Å². The van der Waals surface area contributed by atoms with Crippen molar-refractivity contribution < 1.29 is 0 Å². The number of aromatic nitrogens is 4. The summed E-state index contributed by atoms with van der Waals surface area (Å²) in [4.78, 5) is 14.0. The molecule has 0 spiro atoms. The summed E-state index contributed by atoms with van der Waals surface area (Å²) >= 11 is 12.6. The van der Waals surface area contributed by atoms with E-state index in [1.165, 1.54) is 6.42 Å². The van der Waals surface area contributed by atoms with E-state index in [1.54, 1.807) is 24.7 Å². The summed E-state index contributed by atoms with van der Waals surface area (Å²) in [5.41, 5.74) is 4.15. The maximum absolute atomic E-state index is 6.37. The van der Waals surface area contributed by atoms with Crippen LogP contribution in [0.4, 0.5) is 5.95 Å². The third-order valence-electron chi connectivity index (χ3n) is 6.07. The maximum atomic E-state index is 6.37. The highest BCUT2D eigenvalue weighted by Crippen LogP contribution is 2.38. The molecule has 3 aromatic heterocycles. The number of nitrogens with zero attached hydrogens (tertiary/aromatic N) is 4. The lowest BCUT2D eigenvalue weighted by Gasteiger charge is -2.33. The number of imidazole rings is 1. The summed E-state index contributed by atoms with van der Waals surface area (Å²) in [5.74, 6) is 0.742. The molecule has 0 amide bonds. The number of nitrogens with one attached hydrogen (secondary N) is 2. The van der Waals surface area contributed by atoms with Crippen LogP contribution in [0.1, 0.15) is 26.7 Å². The number of halogens is 2. The molecule has 8 heteroatoms. The van der Waals surface area contributed by atoms with Gasteiger partial charge in [0.25, 0.3) is 0 Å². The van der Waals surface area contributed by atoms with Gasteiger partial charge < -0.3 is 10.6 Å². The first-order valence-corrected chi connectivity index (χ1v) is 11.4. The molecule has 1 aliphatic rings. The van der Waals surface area contributed by atoms with E-state index < -0.39 is 0 Å². The molecule has 1 unspecified atom stereocenters. The Hall–Kier alpha value is -2.67. The van der Waals surface area contributed by atoms with Crippen LogP contribution in [-0.4, -0.2) is 37.5 Å². The van der Waals surface area contributed by atoms with Crippen molar-refractivity contribution in [1.29, 1.82) is 0 Å². The Balaban J connectivity index is 1.72. The van der Waals surface area contributed by atoms with E-state index in [0.717, 1.165) is 46.9 Å². The highest BCUT2D eigenvalue weighted by molar-refractivity contribution is 6.42. The molecular weight excluding hydrogens is 443 g/mol. The second-order valence-corrected chi connectivity index (χ2v) is 9.45. The van der Waals surface area contributed by atoms with Gasteiger partial charge in [0.1, 0.15) is 5.65 Å². The molecule has 0 aliphatic carbocycles. The third kappa shape index (κ3) is 3.83. The van der Waals surface area contributed by atoms with Crippen LogP contribution < -0.4 is 10.6 Å². The van der Waals surface area contributed by atoms with Crippen molar-refractivity contribution in [3.8, 4) is 22.4 Å². The number of hydrogen-bond acceptors (Lipinski definition) is 5. The van der Waals surface area contributed by atoms with Crippen LogP contribution in [0.5, 0.6) is 0 Å². The predicted molar refractivity (Wildman–Crippen MR) is 130 cm³/mol. The van der Waals surface area contributed by atoms with Crippen molar-refractivity contribution in [3.63, 3.8) is 0 Å². The van der Waals surface area contributed by atoms with E-state index in [2.05, 4.69) is 29.5 Å². The normalized spacial score (nSPS) is 16.6. The Morgan fingerprint density at radius 3 is 2.59 bits per heavy atom. The lowest BCUT2D eigenvalue weighted by atomic mass is 9.93. The molecule has 0 saturated carbocycles. The average molecular weight is 467 g/mol. The Morgan fingerprint density at radius 2 is 1.88 bits per heavy atom. The zero-order chi connectivity index (χ0) is 22.3. The second-order valence-electron chi connectivity index (χ2n) is 8.64. The van der Waals surface area contributed by atoms with Crippen molar-refractivity contribution in [2.24, 2.45) is 0 Å². The highest BCUT2D eigenvalue weighted by atomic mass is 35.5. The molecule has 1 aliphatic heterocycles. The SMILES string of the molecule is CC(C)(Nc1nc(-c2ccncc2)c(-c2ccc(Cl)c(Cl)c2)c2nccn12)C1CCCN1. The largest absolute Gasteiger partial charge is 0.349 e. The summed E-state index contributed by atoms with van der Waals surface area (Å²) < 4.78 is 2.00. The van der Waals surface area contributed by atoms with E-state index in [0.29, 0.717) is 16.1 Å². The van der Waals surface area contributed by atoms with E-state index in [4.69, 9.17) is 33.2 Å². The molecule has 0 radical (unpaired) electrons. The first-order valence-electron chi connectivity index (χ1n) is 10.7. The zero-order valence-corrected chi connectivity index (χ0v) is 19.5. The molecule has 1 saturated heterocycles. The summed E-state index contributed by atoms with van der Waals surface area (Å²) in [5, 5.41) is 8.29. The fourth-order valence-corrected chi connectivity index (χ4v) is 4.68. The molecule has 6 nitrogen and oxygen atoms in total. The van der Waals surface area contributed by atoms with Gasteiger partial charge in [-0.3, -0.25) is 9.38 Å². The van der Waals surface area contributed by atoms with Gasteiger partial charge in [-0.15, -0.1) is 0 Å². The number of anilines is 1. The maximum Gasteiger partial charge on any atom is 0.209 e. The highest BCUT2D eigenvalue weighted by Gasteiger charge is 2.33. The van der Waals surface area contributed by atoms with Gasteiger partial charge in [0, 0.05) is 41.9 Å². The molecule has 5 rings (SSSR count). The molecule has 4 aromatic rings. The quantitative estimate of drug-likeness (QED) is 0.394. The molecule has 1 atom stereocenters. The molecule has 0 bridgehead atoms. The molecule has 2 N–H and O–H groups in total. The molecular formula is C24H24Cl2N6. The molecule has 32 heavy (non-hydrogen) atoms. The van der Waals surface area contributed by atoms with Crippen LogP contribution >= 0.6 is 23.2 Å². The Bertz CT molecular complexity index is 1260. The van der Waals surface area contributed by atoms with Crippen molar-refractivity contribution in [2.45, 2.75) is 38.3 Å². The second kappa shape index (κ2) is 8.35.